The Morgan fingerprint density at radius 1 is 1.18 bits per heavy atom. The van der Waals surface area contributed by atoms with Crippen LogP contribution in [-0.2, 0) is 10.5 Å². The number of methoxy groups -OCH3 is 1. The SMILES string of the molecule is COC(=O)c1cc(CSc2nc3ccccc3c(=O)n2-c2ccc(OC(F)F)cc2)oc1C. The fourth-order valence-electron chi connectivity index (χ4n) is 3.28. The molecule has 0 aliphatic rings. The van der Waals surface area contributed by atoms with Crippen LogP contribution in [0.3, 0.4) is 0 Å². The van der Waals surface area contributed by atoms with Crippen molar-refractivity contribution in [2.75, 3.05) is 7.11 Å². The van der Waals surface area contributed by atoms with Crippen molar-refractivity contribution in [2.24, 2.45) is 0 Å². The van der Waals surface area contributed by atoms with Crippen LogP contribution in [0.25, 0.3) is 16.6 Å². The first kappa shape index (κ1) is 22.5. The van der Waals surface area contributed by atoms with Crippen LogP contribution in [0.15, 0.2) is 69.0 Å². The number of thioether (sulfide) groups is 1. The molecule has 0 aliphatic carbocycles. The summed E-state index contributed by atoms with van der Waals surface area (Å²) in [5.74, 6) is 0.698. The molecule has 4 rings (SSSR count). The molecule has 2 heterocycles. The maximum atomic E-state index is 13.3. The topological polar surface area (TPSA) is 83.6 Å². The van der Waals surface area contributed by atoms with E-state index >= 15 is 0 Å². The van der Waals surface area contributed by atoms with Gasteiger partial charge in [-0.15, -0.1) is 0 Å². The zero-order valence-corrected chi connectivity index (χ0v) is 18.4. The Morgan fingerprint density at radius 3 is 2.61 bits per heavy atom. The van der Waals surface area contributed by atoms with Gasteiger partial charge in [0.05, 0.1) is 29.5 Å². The second kappa shape index (κ2) is 9.45. The molecule has 0 fully saturated rings. The highest BCUT2D eigenvalue weighted by Gasteiger charge is 2.18. The minimum atomic E-state index is -2.95. The van der Waals surface area contributed by atoms with Crippen LogP contribution in [0.1, 0.15) is 21.9 Å². The Labute approximate surface area is 190 Å². The number of esters is 1. The molecule has 0 amide bonds. The molecule has 0 saturated heterocycles. The van der Waals surface area contributed by atoms with Crippen LogP contribution in [0.2, 0.25) is 0 Å². The van der Waals surface area contributed by atoms with Crippen LogP contribution in [0.4, 0.5) is 8.78 Å². The predicted molar refractivity (Wildman–Crippen MR) is 118 cm³/mol. The van der Waals surface area contributed by atoms with E-state index in [-0.39, 0.29) is 17.1 Å². The van der Waals surface area contributed by atoms with Crippen LogP contribution < -0.4 is 10.3 Å². The number of hydrogen-bond donors (Lipinski definition) is 0. The fourth-order valence-corrected chi connectivity index (χ4v) is 4.17. The minimum absolute atomic E-state index is 0.0221. The molecule has 0 bridgehead atoms. The average Bonchev–Trinajstić information content (AvgIpc) is 3.18. The number of nitrogens with zero attached hydrogens (tertiary/aromatic N) is 2. The molecule has 10 heteroatoms. The molecule has 4 aromatic rings. The van der Waals surface area contributed by atoms with Crippen molar-refractivity contribution in [3.8, 4) is 11.4 Å². The summed E-state index contributed by atoms with van der Waals surface area (Å²) in [6, 6.07) is 14.2. The zero-order valence-electron chi connectivity index (χ0n) is 17.6. The highest BCUT2D eigenvalue weighted by Crippen LogP contribution is 2.27. The number of fused-ring (bicyclic) bond motifs is 1. The molecular weight excluding hydrogens is 454 g/mol. The number of para-hydroxylation sites is 1. The van der Waals surface area contributed by atoms with Gasteiger partial charge in [0, 0.05) is 0 Å². The van der Waals surface area contributed by atoms with Gasteiger partial charge in [0.2, 0.25) is 0 Å². The number of furan rings is 1. The van der Waals surface area contributed by atoms with Gasteiger partial charge in [-0.05, 0) is 49.4 Å². The summed E-state index contributed by atoms with van der Waals surface area (Å²) in [6.07, 6.45) is 0. The van der Waals surface area contributed by atoms with Crippen molar-refractivity contribution >= 4 is 28.6 Å². The number of rotatable bonds is 7. The Hall–Kier alpha value is -3.66. The van der Waals surface area contributed by atoms with Gasteiger partial charge < -0.3 is 13.9 Å². The number of ether oxygens (including phenoxy) is 2. The molecule has 0 aliphatic heterocycles. The molecule has 0 atom stereocenters. The molecule has 2 aromatic heterocycles. The number of aromatic nitrogens is 2. The Balaban J connectivity index is 1.73. The molecule has 2 aromatic carbocycles. The number of aryl methyl sites for hydroxylation is 1. The van der Waals surface area contributed by atoms with E-state index in [0.29, 0.717) is 38.8 Å². The van der Waals surface area contributed by atoms with Crippen LogP contribution in [-0.4, -0.2) is 29.2 Å². The molecule has 0 unspecified atom stereocenters. The van der Waals surface area contributed by atoms with E-state index < -0.39 is 12.6 Å². The largest absolute Gasteiger partial charge is 0.465 e. The third-order valence-corrected chi connectivity index (χ3v) is 5.74. The summed E-state index contributed by atoms with van der Waals surface area (Å²) in [4.78, 5) is 29.7. The van der Waals surface area contributed by atoms with Gasteiger partial charge in [0.15, 0.2) is 5.16 Å². The minimum Gasteiger partial charge on any atom is -0.465 e. The van der Waals surface area contributed by atoms with E-state index in [2.05, 4.69) is 9.72 Å². The van der Waals surface area contributed by atoms with Crippen LogP contribution in [0.5, 0.6) is 5.75 Å². The maximum Gasteiger partial charge on any atom is 0.387 e. The second-order valence-electron chi connectivity index (χ2n) is 6.89. The Morgan fingerprint density at radius 2 is 1.91 bits per heavy atom. The monoisotopic (exact) mass is 472 g/mol. The third-order valence-electron chi connectivity index (χ3n) is 4.78. The van der Waals surface area contributed by atoms with Crippen molar-refractivity contribution < 1.29 is 27.5 Å². The predicted octanol–water partition coefficient (Wildman–Crippen LogP) is 4.97. The van der Waals surface area contributed by atoms with E-state index in [0.717, 1.165) is 0 Å². The first-order valence-corrected chi connectivity index (χ1v) is 10.7. The lowest BCUT2D eigenvalue weighted by Crippen LogP contribution is -2.21. The van der Waals surface area contributed by atoms with Gasteiger partial charge in [0.1, 0.15) is 22.8 Å². The second-order valence-corrected chi connectivity index (χ2v) is 7.83. The van der Waals surface area contributed by atoms with Crippen molar-refractivity contribution in [2.45, 2.75) is 24.4 Å². The first-order valence-electron chi connectivity index (χ1n) is 9.75. The standard InChI is InChI=1S/C23H18F2N2O5S/c1-13-18(21(29)30-2)11-16(31-13)12-33-23-26-19-6-4-3-5-17(19)20(28)27(23)14-7-9-15(10-8-14)32-22(24)25/h3-11,22H,12H2,1-2H3. The lowest BCUT2D eigenvalue weighted by molar-refractivity contribution is -0.0498. The number of benzene rings is 2. The highest BCUT2D eigenvalue weighted by molar-refractivity contribution is 7.98. The van der Waals surface area contributed by atoms with Gasteiger partial charge in [-0.3, -0.25) is 9.36 Å². The molecule has 33 heavy (non-hydrogen) atoms. The van der Waals surface area contributed by atoms with Gasteiger partial charge in [-0.2, -0.15) is 8.78 Å². The molecule has 7 nitrogen and oxygen atoms in total. The van der Waals surface area contributed by atoms with Crippen molar-refractivity contribution in [1.82, 2.24) is 9.55 Å². The summed E-state index contributed by atoms with van der Waals surface area (Å²) in [5, 5.41) is 0.784. The summed E-state index contributed by atoms with van der Waals surface area (Å²) in [5.41, 5.74) is 0.973. The number of halogens is 2. The number of carbonyl (C=O) groups excluding carboxylic acids is 1. The molecule has 0 radical (unpaired) electrons. The Bertz CT molecular complexity index is 1370. The van der Waals surface area contributed by atoms with Gasteiger partial charge >= 0.3 is 12.6 Å². The summed E-state index contributed by atoms with van der Waals surface area (Å²) < 4.78 is 41.2. The smallest absolute Gasteiger partial charge is 0.387 e. The maximum absolute atomic E-state index is 13.3. The first-order chi connectivity index (χ1) is 15.9. The number of alkyl halides is 2. The summed E-state index contributed by atoms with van der Waals surface area (Å²) in [6.45, 7) is -1.29. The van der Waals surface area contributed by atoms with Crippen molar-refractivity contribution in [3.05, 3.63) is 82.0 Å². The van der Waals surface area contributed by atoms with Gasteiger partial charge in [-0.25, -0.2) is 9.78 Å². The highest BCUT2D eigenvalue weighted by atomic mass is 32.2. The van der Waals surface area contributed by atoms with E-state index in [4.69, 9.17) is 9.15 Å². The van der Waals surface area contributed by atoms with E-state index in [1.165, 1.54) is 47.7 Å². The van der Waals surface area contributed by atoms with Crippen molar-refractivity contribution in [1.29, 1.82) is 0 Å². The quantitative estimate of drug-likeness (QED) is 0.213. The van der Waals surface area contributed by atoms with E-state index in [1.807, 2.05) is 0 Å². The van der Waals surface area contributed by atoms with Crippen LogP contribution in [0, 0.1) is 6.92 Å². The molecule has 0 spiro atoms. The summed E-state index contributed by atoms with van der Waals surface area (Å²) >= 11 is 1.23. The average molecular weight is 472 g/mol. The zero-order chi connectivity index (χ0) is 23.5. The lowest BCUT2D eigenvalue weighted by Gasteiger charge is -2.13. The lowest BCUT2D eigenvalue weighted by atomic mass is 10.2. The Kier molecular flexibility index (Phi) is 6.45. The number of hydrogen-bond acceptors (Lipinski definition) is 7. The van der Waals surface area contributed by atoms with Gasteiger partial charge in [-0.1, -0.05) is 23.9 Å². The van der Waals surface area contributed by atoms with E-state index in [9.17, 15) is 18.4 Å². The van der Waals surface area contributed by atoms with E-state index in [1.54, 1.807) is 37.3 Å². The number of carbonyl (C=O) groups is 1. The van der Waals surface area contributed by atoms with Crippen LogP contribution >= 0.6 is 11.8 Å². The summed E-state index contributed by atoms with van der Waals surface area (Å²) in [7, 11) is 1.29. The third kappa shape index (κ3) is 4.75. The molecule has 170 valence electrons. The fraction of sp³-hybridized carbons (Fsp3) is 0.174. The van der Waals surface area contributed by atoms with Gasteiger partial charge in [0.25, 0.3) is 5.56 Å². The van der Waals surface area contributed by atoms with Crippen molar-refractivity contribution in [3.63, 3.8) is 0 Å². The molecule has 0 N–H and O–H groups in total. The molecular formula is C23H18F2N2O5S. The normalized spacial score (nSPS) is 11.2. The molecule has 0 saturated carbocycles.